The molecule has 1 fully saturated rings. The quantitative estimate of drug-likeness (QED) is 0.793. The Morgan fingerprint density at radius 1 is 1.22 bits per heavy atom. The van der Waals surface area contributed by atoms with Crippen LogP contribution >= 0.6 is 0 Å². The highest BCUT2D eigenvalue weighted by Crippen LogP contribution is 2.32. The Hall–Kier alpha value is -1.39. The molecule has 1 aliphatic heterocycles. The number of aryl methyl sites for hydroxylation is 1. The van der Waals surface area contributed by atoms with Gasteiger partial charge in [-0.1, -0.05) is 24.3 Å². The van der Waals surface area contributed by atoms with E-state index < -0.39 is 0 Å². The maximum Gasteiger partial charge on any atom is 0.223 e. The minimum Gasteiger partial charge on any atom is -0.373 e. The van der Waals surface area contributed by atoms with Crippen molar-refractivity contribution in [3.05, 3.63) is 35.4 Å². The fourth-order valence-electron chi connectivity index (χ4n) is 3.62. The molecule has 1 unspecified atom stereocenters. The van der Waals surface area contributed by atoms with E-state index in [0.717, 1.165) is 45.3 Å². The third-order valence-corrected chi connectivity index (χ3v) is 4.96. The highest BCUT2D eigenvalue weighted by atomic mass is 16.5. The van der Waals surface area contributed by atoms with Gasteiger partial charge in [0.2, 0.25) is 5.91 Å². The second kappa shape index (κ2) is 8.46. The number of nitrogens with one attached hydrogen (secondary N) is 2. The number of carbonyl (C=O) groups excluding carboxylic acids is 1. The highest BCUT2D eigenvalue weighted by molar-refractivity contribution is 5.78. The van der Waals surface area contributed by atoms with Gasteiger partial charge in [-0.25, -0.2) is 0 Å². The van der Waals surface area contributed by atoms with Crippen LogP contribution in [-0.2, 0) is 16.0 Å². The average Bonchev–Trinajstić information content (AvgIpc) is 2.62. The summed E-state index contributed by atoms with van der Waals surface area (Å²) < 4.78 is 6.08. The molecular weight excluding hydrogens is 288 g/mol. The third kappa shape index (κ3) is 4.55. The summed E-state index contributed by atoms with van der Waals surface area (Å²) in [6.45, 7) is 3.35. The number of rotatable bonds is 6. The van der Waals surface area contributed by atoms with Crippen molar-refractivity contribution in [3.63, 3.8) is 0 Å². The predicted molar refractivity (Wildman–Crippen MR) is 91.3 cm³/mol. The number of carbonyl (C=O) groups is 1. The molecular formula is C19H28N2O2. The Labute approximate surface area is 139 Å². The summed E-state index contributed by atoms with van der Waals surface area (Å²) in [5, 5.41) is 6.35. The average molecular weight is 316 g/mol. The first kappa shape index (κ1) is 16.5. The first-order chi connectivity index (χ1) is 11.3. The molecule has 1 amide bonds. The molecule has 0 spiro atoms. The molecule has 23 heavy (non-hydrogen) atoms. The molecule has 1 aromatic carbocycles. The summed E-state index contributed by atoms with van der Waals surface area (Å²) in [6.07, 6.45) is 6.52. The normalized spacial score (nSPS) is 21.7. The van der Waals surface area contributed by atoms with E-state index in [0.29, 0.717) is 6.61 Å². The number of amides is 1. The summed E-state index contributed by atoms with van der Waals surface area (Å²) in [5.41, 5.74) is 2.79. The van der Waals surface area contributed by atoms with Crippen LogP contribution in [0.25, 0.3) is 0 Å². The van der Waals surface area contributed by atoms with Crippen LogP contribution in [0, 0.1) is 5.92 Å². The van der Waals surface area contributed by atoms with Crippen molar-refractivity contribution in [1.29, 1.82) is 0 Å². The molecule has 2 N–H and O–H groups in total. The second-order valence-corrected chi connectivity index (χ2v) is 6.62. The molecule has 0 aromatic heterocycles. The second-order valence-electron chi connectivity index (χ2n) is 6.62. The Morgan fingerprint density at radius 3 is 2.91 bits per heavy atom. The van der Waals surface area contributed by atoms with Crippen LogP contribution in [0.1, 0.15) is 49.3 Å². The Balaban J connectivity index is 1.35. The first-order valence-corrected chi connectivity index (χ1v) is 9.02. The zero-order valence-corrected chi connectivity index (χ0v) is 13.9. The van der Waals surface area contributed by atoms with E-state index >= 15 is 0 Å². The molecule has 3 rings (SSSR count). The van der Waals surface area contributed by atoms with Gasteiger partial charge in [0, 0.05) is 19.1 Å². The minimum absolute atomic E-state index is 0.197. The van der Waals surface area contributed by atoms with Crippen LogP contribution in [0.15, 0.2) is 24.3 Å². The summed E-state index contributed by atoms with van der Waals surface area (Å²) in [7, 11) is 0. The SMILES string of the molecule is O=C(NCCCOC1CCCc2ccccc21)C1CCNCC1. The molecule has 126 valence electrons. The van der Waals surface area contributed by atoms with Gasteiger partial charge in [-0.05, 0) is 62.7 Å². The molecule has 1 aromatic rings. The number of ether oxygens (including phenoxy) is 1. The molecule has 0 radical (unpaired) electrons. The summed E-state index contributed by atoms with van der Waals surface area (Å²) in [5.74, 6) is 0.414. The first-order valence-electron chi connectivity index (χ1n) is 9.02. The van der Waals surface area contributed by atoms with Crippen molar-refractivity contribution >= 4 is 5.91 Å². The van der Waals surface area contributed by atoms with Gasteiger partial charge in [-0.15, -0.1) is 0 Å². The lowest BCUT2D eigenvalue weighted by Crippen LogP contribution is -2.38. The summed E-state index contributed by atoms with van der Waals surface area (Å²) in [6, 6.07) is 8.61. The van der Waals surface area contributed by atoms with Gasteiger partial charge in [0.15, 0.2) is 0 Å². The fourth-order valence-corrected chi connectivity index (χ4v) is 3.62. The fraction of sp³-hybridized carbons (Fsp3) is 0.632. The van der Waals surface area contributed by atoms with Gasteiger partial charge in [-0.3, -0.25) is 4.79 Å². The maximum absolute atomic E-state index is 12.0. The monoisotopic (exact) mass is 316 g/mol. The van der Waals surface area contributed by atoms with E-state index in [1.165, 1.54) is 24.0 Å². The van der Waals surface area contributed by atoms with Crippen molar-refractivity contribution in [3.8, 4) is 0 Å². The smallest absolute Gasteiger partial charge is 0.223 e. The lowest BCUT2D eigenvalue weighted by atomic mass is 9.89. The van der Waals surface area contributed by atoms with Crippen molar-refractivity contribution in [2.75, 3.05) is 26.2 Å². The van der Waals surface area contributed by atoms with Crippen LogP contribution in [0.2, 0.25) is 0 Å². The van der Waals surface area contributed by atoms with Gasteiger partial charge < -0.3 is 15.4 Å². The van der Waals surface area contributed by atoms with Gasteiger partial charge >= 0.3 is 0 Å². The van der Waals surface area contributed by atoms with Gasteiger partial charge in [0.05, 0.1) is 6.10 Å². The lowest BCUT2D eigenvalue weighted by Gasteiger charge is -2.26. The van der Waals surface area contributed by atoms with E-state index in [1.54, 1.807) is 0 Å². The van der Waals surface area contributed by atoms with Gasteiger partial charge in [0.1, 0.15) is 0 Å². The number of piperidine rings is 1. The highest BCUT2D eigenvalue weighted by Gasteiger charge is 2.21. The molecule has 1 heterocycles. The van der Waals surface area contributed by atoms with E-state index in [9.17, 15) is 4.79 Å². The van der Waals surface area contributed by atoms with Crippen molar-refractivity contribution < 1.29 is 9.53 Å². The van der Waals surface area contributed by atoms with Crippen LogP contribution in [0.5, 0.6) is 0 Å². The summed E-state index contributed by atoms with van der Waals surface area (Å²) in [4.78, 5) is 12.0. The largest absolute Gasteiger partial charge is 0.373 e. The van der Waals surface area contributed by atoms with Crippen LogP contribution in [-0.4, -0.2) is 32.1 Å². The standard InChI is InChI=1S/C19H28N2O2/c22-19(16-9-12-20-13-10-16)21-11-4-14-23-18-8-3-6-15-5-1-2-7-17(15)18/h1-2,5,7,16,18,20H,3-4,6,8-14H2,(H,21,22). The Bertz CT molecular complexity index is 512. The topological polar surface area (TPSA) is 50.4 Å². The number of fused-ring (bicyclic) bond motifs is 1. The number of benzene rings is 1. The molecule has 0 bridgehead atoms. The molecule has 1 atom stereocenters. The van der Waals surface area contributed by atoms with Gasteiger partial charge in [0.25, 0.3) is 0 Å². The van der Waals surface area contributed by atoms with E-state index in [2.05, 4.69) is 34.9 Å². The van der Waals surface area contributed by atoms with Crippen molar-refractivity contribution in [1.82, 2.24) is 10.6 Å². The molecule has 1 aliphatic carbocycles. The van der Waals surface area contributed by atoms with Gasteiger partial charge in [-0.2, -0.15) is 0 Å². The molecule has 0 saturated carbocycles. The van der Waals surface area contributed by atoms with E-state index in [1.807, 2.05) is 0 Å². The van der Waals surface area contributed by atoms with E-state index in [-0.39, 0.29) is 17.9 Å². The van der Waals surface area contributed by atoms with Crippen molar-refractivity contribution in [2.24, 2.45) is 5.92 Å². The van der Waals surface area contributed by atoms with Crippen LogP contribution in [0.4, 0.5) is 0 Å². The Morgan fingerprint density at radius 2 is 2.04 bits per heavy atom. The predicted octanol–water partition coefficient (Wildman–Crippen LogP) is 2.59. The zero-order chi connectivity index (χ0) is 15.9. The number of hydrogen-bond acceptors (Lipinski definition) is 3. The molecule has 4 heteroatoms. The molecule has 1 saturated heterocycles. The van der Waals surface area contributed by atoms with Crippen molar-refractivity contribution in [2.45, 2.75) is 44.6 Å². The lowest BCUT2D eigenvalue weighted by molar-refractivity contribution is -0.125. The molecule has 4 nitrogen and oxygen atoms in total. The third-order valence-electron chi connectivity index (χ3n) is 4.96. The number of hydrogen-bond donors (Lipinski definition) is 2. The maximum atomic E-state index is 12.0. The zero-order valence-electron chi connectivity index (χ0n) is 13.9. The molecule has 2 aliphatic rings. The summed E-state index contributed by atoms with van der Waals surface area (Å²) >= 11 is 0. The Kier molecular flexibility index (Phi) is 6.06. The van der Waals surface area contributed by atoms with Crippen LogP contribution in [0.3, 0.4) is 0 Å². The minimum atomic E-state index is 0.197. The van der Waals surface area contributed by atoms with Crippen LogP contribution < -0.4 is 10.6 Å². The van der Waals surface area contributed by atoms with E-state index in [4.69, 9.17) is 4.74 Å².